The summed E-state index contributed by atoms with van der Waals surface area (Å²) in [5, 5.41) is 23.4. The number of anilines is 4. The lowest BCUT2D eigenvalue weighted by Crippen LogP contribution is -2.52. The zero-order chi connectivity index (χ0) is 98.7. The molecule has 8 N–H and O–H groups in total. The third-order valence-electron chi connectivity index (χ3n) is 23.3. The number of halogens is 6. The van der Waals surface area contributed by atoms with Gasteiger partial charge < -0.3 is 42.5 Å². The normalized spacial score (nSPS) is 18.0. The Morgan fingerprint density at radius 2 is 0.609 bits per heavy atom. The molecule has 708 valence electrons. The van der Waals surface area contributed by atoms with Crippen LogP contribution in [0.4, 0.5) is 40.3 Å². The van der Waals surface area contributed by atoms with E-state index in [2.05, 4.69) is 68.9 Å². The molecular weight excluding hydrogens is 1820 g/mol. The monoisotopic (exact) mass is 1910 g/mol. The predicted octanol–water partition coefficient (Wildman–Crippen LogP) is 13.4. The number of ketones is 4. The number of hydrogen-bond acceptors (Lipinski definition) is 20. The third kappa shape index (κ3) is 26.5. The van der Waals surface area contributed by atoms with Crippen molar-refractivity contribution in [3.05, 3.63) is 356 Å². The van der Waals surface area contributed by atoms with Crippen LogP contribution >= 0.6 is 23.2 Å². The maximum atomic E-state index is 13.8. The van der Waals surface area contributed by atoms with E-state index in [4.69, 9.17) is 23.2 Å². The first-order chi connectivity index (χ1) is 66.0. The minimum atomic E-state index is -0.989. The van der Waals surface area contributed by atoms with Crippen molar-refractivity contribution in [3.63, 3.8) is 0 Å². The molecule has 0 spiro atoms. The number of rotatable bonds is 32. The van der Waals surface area contributed by atoms with Gasteiger partial charge in [-0.1, -0.05) is 134 Å². The zero-order valence-corrected chi connectivity index (χ0v) is 76.0. The third-order valence-corrected chi connectivity index (χ3v) is 23.8. The van der Waals surface area contributed by atoms with Gasteiger partial charge in [0.15, 0.2) is 11.6 Å². The number of amides is 12. The summed E-state index contributed by atoms with van der Waals surface area (Å²) in [4.78, 5) is 203. The minimum Gasteiger partial charge on any atom is -0.351 e. The van der Waals surface area contributed by atoms with E-state index in [9.17, 15) is 94.3 Å². The van der Waals surface area contributed by atoms with Crippen LogP contribution in [0.1, 0.15) is 122 Å². The number of aryl methyl sites for hydroxylation is 4. The van der Waals surface area contributed by atoms with Crippen LogP contribution in [0.2, 0.25) is 10.0 Å². The van der Waals surface area contributed by atoms with Crippen molar-refractivity contribution >= 4 is 140 Å². The lowest BCUT2D eigenvalue weighted by molar-refractivity contribution is -0.146. The number of benzene rings is 8. The van der Waals surface area contributed by atoms with Gasteiger partial charge in [-0.05, 0) is 213 Å². The Kier molecular flexibility index (Phi) is 32.9. The van der Waals surface area contributed by atoms with Crippen LogP contribution in [-0.2, 0) is 128 Å². The summed E-state index contributed by atoms with van der Waals surface area (Å²) < 4.78 is 53.2. The Morgan fingerprint density at radius 3 is 0.920 bits per heavy atom. The fourth-order valence-corrected chi connectivity index (χ4v) is 16.6. The van der Waals surface area contributed by atoms with Gasteiger partial charge in [-0.15, -0.1) is 0 Å². The standard InChI is InChI=1S/2C26H24ClN3O4.2C26H23F2N3O4/c1-16-8-11-23(25(33)28-16)30-24(32)15-22(26(30)34)29-20-7-3-4-17(13-20)9-10-21(31)14-18-5-2-6-19(27)12-18;1-16-5-12-23(25(33)28-16)30-24(32)15-22(26(30)34)29-20-4-2-3-17(13-20)8-11-21(31)14-18-6-9-19(27)10-7-18;1-15-5-10-23(25(34)29-15)31-24(33)14-22(26(31)35)30-19-4-2-3-16(11-19)6-9-20(32)12-17-7-8-18(27)13-21(17)28;1-15-5-10-23(25(34)29-15)31-24(33)14-22(26(31)35)30-18-4-2-3-16(11-18)6-8-19(32)12-17-7-9-20(27)21(28)13-17/h2-7,12-13,15,23,29H,1,8-11,14H2,(H,28,33);2-4,6-7,9-10,13,15,23,29H,1,5,8,11-12,14H2,(H,28,33);2-4,7-8,11,13-14,23,30H,1,5-6,9-10,12H2,(H,29,34);2-4,7,9,11,13-14,23,30H,1,5-6,8,10,12H2,(H,29,34). The first kappa shape index (κ1) is 99.8. The molecule has 8 aliphatic rings. The second-order valence-electron chi connectivity index (χ2n) is 33.8. The molecule has 4 fully saturated rings. The number of allylic oxidation sites excluding steroid dienone is 4. The van der Waals surface area contributed by atoms with Crippen LogP contribution in [0, 0.1) is 23.3 Å². The maximum Gasteiger partial charge on any atom is 0.278 e. The van der Waals surface area contributed by atoms with Crippen LogP contribution in [0.25, 0.3) is 0 Å². The van der Waals surface area contributed by atoms with Crippen LogP contribution in [0.15, 0.2) is 278 Å². The molecule has 4 saturated heterocycles. The molecule has 4 unspecified atom stereocenters. The number of carbonyl (C=O) groups excluding carboxylic acids is 16. The lowest BCUT2D eigenvalue weighted by Gasteiger charge is -2.29. The highest BCUT2D eigenvalue weighted by molar-refractivity contribution is 6.31. The fraction of sp³-hybridized carbons (Fsp3) is 0.231. The Bertz CT molecular complexity index is 6510. The molecule has 8 aromatic rings. The van der Waals surface area contributed by atoms with E-state index in [1.54, 1.807) is 78.9 Å². The average Bonchev–Trinajstić information content (AvgIpc) is 1.66. The smallest absolute Gasteiger partial charge is 0.278 e. The Morgan fingerprint density at radius 1 is 0.312 bits per heavy atom. The molecule has 0 saturated carbocycles. The van der Waals surface area contributed by atoms with E-state index in [1.807, 2.05) is 66.7 Å². The number of hydrogen-bond donors (Lipinski definition) is 8. The zero-order valence-electron chi connectivity index (χ0n) is 74.5. The van der Waals surface area contributed by atoms with E-state index in [0.717, 1.165) is 89.4 Å². The largest absolute Gasteiger partial charge is 0.351 e. The average molecular weight is 1910 g/mol. The van der Waals surface area contributed by atoms with E-state index in [-0.39, 0.29) is 77.2 Å². The summed E-state index contributed by atoms with van der Waals surface area (Å²) in [5.74, 6) is -9.64. The van der Waals surface area contributed by atoms with Crippen molar-refractivity contribution in [1.82, 2.24) is 40.9 Å². The first-order valence-electron chi connectivity index (χ1n) is 44.2. The summed E-state index contributed by atoms with van der Waals surface area (Å²) in [6, 6.07) is 46.2. The SMILES string of the molecule is C=C1CCC(N2C(=O)C=C(Nc3cccc(CCC(=O)Cc4ccc(Cl)cc4)c3)C2=O)C(=O)N1.C=C1CCC(N2C(=O)C=C(Nc3cccc(CCC(=O)Cc4ccc(F)c(F)c4)c3)C2=O)C(=O)N1.C=C1CCC(N2C(=O)C=C(Nc3cccc(CCC(=O)Cc4ccc(F)cc4F)c3)C2=O)C(=O)N1.C=C1CCC(N2C(=O)C=C(Nc3cccc(CCC(=O)Cc4cccc(Cl)c4)c3)C2=O)C(=O)N1. The summed E-state index contributed by atoms with van der Waals surface area (Å²) in [7, 11) is 0. The fourth-order valence-electron chi connectivity index (χ4n) is 16.3. The quantitative estimate of drug-likeness (QED) is 0.0143. The second-order valence-corrected chi connectivity index (χ2v) is 34.7. The van der Waals surface area contributed by atoms with Crippen molar-refractivity contribution in [2.75, 3.05) is 21.3 Å². The number of nitrogens with zero attached hydrogens (tertiary/aromatic N) is 4. The van der Waals surface area contributed by atoms with Gasteiger partial charge in [0, 0.05) is 137 Å². The first-order valence-corrected chi connectivity index (χ1v) is 45.0. The van der Waals surface area contributed by atoms with Crippen LogP contribution in [0.3, 0.4) is 0 Å². The highest BCUT2D eigenvalue weighted by atomic mass is 35.5. The van der Waals surface area contributed by atoms with Gasteiger partial charge in [-0.25, -0.2) is 17.6 Å². The van der Waals surface area contributed by atoms with Gasteiger partial charge in [-0.3, -0.25) is 96.3 Å². The molecule has 8 heterocycles. The Hall–Kier alpha value is -15.7. The summed E-state index contributed by atoms with van der Waals surface area (Å²) in [6.45, 7) is 14.8. The number of Topliss-reactive ketones (excluding diaryl/α,β-unsaturated/α-hetero) is 4. The summed E-state index contributed by atoms with van der Waals surface area (Å²) in [5.41, 5.74) is 10.7. The molecular formula is C104H94Cl2F4N12O16. The second kappa shape index (κ2) is 45.6. The van der Waals surface area contributed by atoms with Gasteiger partial charge in [-0.2, -0.15) is 0 Å². The Balaban J connectivity index is 0.000000155. The number of nitrogens with one attached hydrogen (secondary N) is 8. The summed E-state index contributed by atoms with van der Waals surface area (Å²) >= 11 is 11.9. The highest BCUT2D eigenvalue weighted by Gasteiger charge is 2.46. The van der Waals surface area contributed by atoms with Crippen molar-refractivity contribution in [1.29, 1.82) is 0 Å². The van der Waals surface area contributed by atoms with Crippen molar-refractivity contribution in [2.24, 2.45) is 0 Å². The van der Waals surface area contributed by atoms with E-state index in [1.165, 1.54) is 24.3 Å². The number of piperidine rings is 4. The van der Waals surface area contributed by atoms with Crippen molar-refractivity contribution < 1.29 is 94.3 Å². The molecule has 8 aliphatic heterocycles. The molecule has 16 rings (SSSR count). The number of carbonyl (C=O) groups is 16. The van der Waals surface area contributed by atoms with E-state index in [0.29, 0.717) is 164 Å². The summed E-state index contributed by atoms with van der Waals surface area (Å²) in [6.07, 6.45) is 11.5. The molecule has 0 aromatic heterocycles. The molecule has 8 aromatic carbocycles. The molecule has 0 radical (unpaired) electrons. The van der Waals surface area contributed by atoms with Crippen molar-refractivity contribution in [3.8, 4) is 0 Å². The maximum absolute atomic E-state index is 13.8. The molecule has 34 heteroatoms. The molecule has 0 aliphatic carbocycles. The van der Waals surface area contributed by atoms with E-state index >= 15 is 0 Å². The molecule has 4 atom stereocenters. The highest BCUT2D eigenvalue weighted by Crippen LogP contribution is 2.32. The molecule has 12 amide bonds. The predicted molar refractivity (Wildman–Crippen MR) is 505 cm³/mol. The van der Waals surface area contributed by atoms with Gasteiger partial charge in [0.1, 0.15) is 81.7 Å². The van der Waals surface area contributed by atoms with Crippen molar-refractivity contribution in [2.45, 2.75) is 153 Å². The van der Waals surface area contributed by atoms with Crippen LogP contribution in [-0.4, -0.2) is 138 Å². The molecule has 0 bridgehead atoms. The lowest BCUT2D eigenvalue weighted by atomic mass is 10.0. The van der Waals surface area contributed by atoms with Gasteiger partial charge in [0.05, 0.1) is 0 Å². The van der Waals surface area contributed by atoms with E-state index < -0.39 is 118 Å². The molecule has 138 heavy (non-hydrogen) atoms. The van der Waals surface area contributed by atoms with Gasteiger partial charge in [0.25, 0.3) is 47.3 Å². The van der Waals surface area contributed by atoms with Crippen LogP contribution in [0.5, 0.6) is 0 Å². The van der Waals surface area contributed by atoms with Crippen LogP contribution < -0.4 is 42.5 Å². The van der Waals surface area contributed by atoms with Gasteiger partial charge >= 0.3 is 0 Å². The topological polar surface area (TPSA) is 382 Å². The van der Waals surface area contributed by atoms with Gasteiger partial charge in [0.2, 0.25) is 23.6 Å². The molecule has 28 nitrogen and oxygen atoms in total. The minimum absolute atomic E-state index is 0.00341. The Labute approximate surface area is 800 Å². The number of imide groups is 4.